The van der Waals surface area contributed by atoms with Gasteiger partial charge in [0.1, 0.15) is 11.5 Å². The van der Waals surface area contributed by atoms with Gasteiger partial charge >= 0.3 is 5.97 Å². The van der Waals surface area contributed by atoms with Crippen LogP contribution >= 0.6 is 22.7 Å². The fourth-order valence-electron chi connectivity index (χ4n) is 2.46. The summed E-state index contributed by atoms with van der Waals surface area (Å²) in [7, 11) is 0. The molecule has 1 aliphatic heterocycles. The van der Waals surface area contributed by atoms with E-state index in [1.165, 1.54) is 22.7 Å². The lowest BCUT2D eigenvalue weighted by molar-refractivity contribution is -0.133. The van der Waals surface area contributed by atoms with E-state index in [0.29, 0.717) is 17.1 Å². The molecule has 0 radical (unpaired) electrons. The molecule has 0 fully saturated rings. The van der Waals surface area contributed by atoms with Gasteiger partial charge in [-0.05, 0) is 35.0 Å². The van der Waals surface area contributed by atoms with E-state index in [4.69, 9.17) is 9.47 Å². The number of fused-ring (bicyclic) bond motifs is 1. The number of hydrogen-bond acceptors (Lipinski definition) is 6. The summed E-state index contributed by atoms with van der Waals surface area (Å²) in [6, 6.07) is 12.4. The maximum Gasteiger partial charge on any atom is 0.316 e. The first-order valence-corrected chi connectivity index (χ1v) is 9.30. The number of esters is 1. The zero-order valence-electron chi connectivity index (χ0n) is 12.9. The number of Topliss-reactive ketones (excluding diaryl/α,β-unsaturated/α-hetero) is 1. The molecule has 0 atom stereocenters. The third-order valence-corrected chi connectivity index (χ3v) is 5.28. The Kier molecular flexibility index (Phi) is 4.21. The second-order valence-electron chi connectivity index (χ2n) is 5.34. The van der Waals surface area contributed by atoms with E-state index in [1.54, 1.807) is 24.3 Å². The summed E-state index contributed by atoms with van der Waals surface area (Å²) in [6.45, 7) is 0. The van der Waals surface area contributed by atoms with Crippen molar-refractivity contribution in [2.75, 3.05) is 0 Å². The van der Waals surface area contributed by atoms with Gasteiger partial charge in [0.2, 0.25) is 5.78 Å². The predicted molar refractivity (Wildman–Crippen MR) is 97.4 cm³/mol. The van der Waals surface area contributed by atoms with E-state index in [1.807, 2.05) is 35.0 Å². The smallest absolute Gasteiger partial charge is 0.316 e. The van der Waals surface area contributed by atoms with Crippen molar-refractivity contribution in [1.29, 1.82) is 0 Å². The standard InChI is InChI=1S/C19H12O4S2/c20-18(11-14-4-2-8-25-14)22-12-5-6-15-16(9-12)23-17(19(15)21)10-13-3-1-7-24-13/h1-10H,11H2/b17-10-. The second kappa shape index (κ2) is 6.66. The Morgan fingerprint density at radius 3 is 2.72 bits per heavy atom. The van der Waals surface area contributed by atoms with Crippen LogP contribution in [-0.2, 0) is 11.2 Å². The summed E-state index contributed by atoms with van der Waals surface area (Å²) >= 11 is 3.03. The quantitative estimate of drug-likeness (QED) is 0.384. The molecule has 1 aromatic carbocycles. The van der Waals surface area contributed by atoms with Gasteiger partial charge in [-0.1, -0.05) is 12.1 Å². The predicted octanol–water partition coefficient (Wildman–Crippen LogP) is 4.57. The van der Waals surface area contributed by atoms with Gasteiger partial charge in [-0.15, -0.1) is 22.7 Å². The molecule has 0 saturated carbocycles. The van der Waals surface area contributed by atoms with Crippen molar-refractivity contribution >= 4 is 40.5 Å². The number of benzene rings is 1. The average Bonchev–Trinajstić information content (AvgIpc) is 3.32. The highest BCUT2D eigenvalue weighted by molar-refractivity contribution is 7.10. The molecule has 0 amide bonds. The summed E-state index contributed by atoms with van der Waals surface area (Å²) in [6.07, 6.45) is 1.94. The van der Waals surface area contributed by atoms with E-state index < -0.39 is 0 Å². The second-order valence-corrected chi connectivity index (χ2v) is 7.35. The van der Waals surface area contributed by atoms with E-state index in [-0.39, 0.29) is 23.9 Å². The molecule has 4 rings (SSSR count). The first kappa shape index (κ1) is 15.8. The number of ketones is 1. The molecule has 0 bridgehead atoms. The Labute approximate surface area is 152 Å². The van der Waals surface area contributed by atoms with Gasteiger partial charge in [-0.25, -0.2) is 0 Å². The number of thiophene rings is 2. The summed E-state index contributed by atoms with van der Waals surface area (Å²) in [4.78, 5) is 26.2. The van der Waals surface area contributed by atoms with E-state index >= 15 is 0 Å². The average molecular weight is 368 g/mol. The molecule has 0 saturated heterocycles. The number of carbonyl (C=O) groups excluding carboxylic acids is 2. The molecule has 3 aromatic rings. The van der Waals surface area contributed by atoms with E-state index in [0.717, 1.165) is 9.75 Å². The summed E-state index contributed by atoms with van der Waals surface area (Å²) in [5.74, 6) is 0.542. The van der Waals surface area contributed by atoms with E-state index in [2.05, 4.69) is 0 Å². The lowest BCUT2D eigenvalue weighted by atomic mass is 10.1. The highest BCUT2D eigenvalue weighted by Gasteiger charge is 2.28. The normalized spacial score (nSPS) is 14.4. The van der Waals surface area contributed by atoms with Crippen LogP contribution in [-0.4, -0.2) is 11.8 Å². The van der Waals surface area contributed by atoms with Crippen LogP contribution in [0.1, 0.15) is 20.1 Å². The van der Waals surface area contributed by atoms with Crippen molar-refractivity contribution in [1.82, 2.24) is 0 Å². The molecule has 0 aliphatic carbocycles. The molecule has 0 unspecified atom stereocenters. The van der Waals surface area contributed by atoms with Gasteiger partial charge in [0, 0.05) is 21.9 Å². The largest absolute Gasteiger partial charge is 0.452 e. The fraction of sp³-hybridized carbons (Fsp3) is 0.0526. The fourth-order valence-corrected chi connectivity index (χ4v) is 3.79. The van der Waals surface area contributed by atoms with Crippen molar-refractivity contribution in [2.24, 2.45) is 0 Å². The van der Waals surface area contributed by atoms with Crippen LogP contribution < -0.4 is 9.47 Å². The van der Waals surface area contributed by atoms with Crippen LogP contribution in [0.4, 0.5) is 0 Å². The molecule has 6 heteroatoms. The van der Waals surface area contributed by atoms with E-state index in [9.17, 15) is 9.59 Å². The Hall–Kier alpha value is -2.70. The third-order valence-electron chi connectivity index (χ3n) is 3.59. The molecule has 25 heavy (non-hydrogen) atoms. The van der Waals surface area contributed by atoms with Crippen molar-refractivity contribution in [3.8, 4) is 11.5 Å². The van der Waals surface area contributed by atoms with Gasteiger partial charge in [0.25, 0.3) is 0 Å². The van der Waals surface area contributed by atoms with Gasteiger partial charge in [0.15, 0.2) is 5.76 Å². The Bertz CT molecular complexity index is 953. The topological polar surface area (TPSA) is 52.6 Å². The van der Waals surface area contributed by atoms with Crippen LogP contribution in [0.2, 0.25) is 0 Å². The maximum atomic E-state index is 12.4. The van der Waals surface area contributed by atoms with Crippen LogP contribution in [0, 0.1) is 0 Å². The van der Waals surface area contributed by atoms with Crippen molar-refractivity contribution in [3.63, 3.8) is 0 Å². The van der Waals surface area contributed by atoms with Crippen molar-refractivity contribution in [3.05, 3.63) is 74.3 Å². The molecule has 0 spiro atoms. The summed E-state index contributed by atoms with van der Waals surface area (Å²) < 4.78 is 11.0. The number of hydrogen-bond donors (Lipinski definition) is 0. The van der Waals surface area contributed by atoms with Gasteiger partial charge in [-0.2, -0.15) is 0 Å². The number of allylic oxidation sites excluding steroid dienone is 1. The third kappa shape index (κ3) is 3.40. The zero-order chi connectivity index (χ0) is 17.2. The lowest BCUT2D eigenvalue weighted by Gasteiger charge is -2.05. The molecule has 3 heterocycles. The SMILES string of the molecule is O=C(Cc1cccs1)Oc1ccc2c(c1)O/C(=C\c1cccs1)C2=O. The number of rotatable bonds is 4. The summed E-state index contributed by atoms with van der Waals surface area (Å²) in [5.41, 5.74) is 0.473. The van der Waals surface area contributed by atoms with Crippen LogP contribution in [0.5, 0.6) is 11.5 Å². The molecule has 2 aromatic heterocycles. The number of carbonyl (C=O) groups is 2. The van der Waals surface area contributed by atoms with Crippen molar-refractivity contribution in [2.45, 2.75) is 6.42 Å². The van der Waals surface area contributed by atoms with Crippen LogP contribution in [0.3, 0.4) is 0 Å². The minimum Gasteiger partial charge on any atom is -0.452 e. The lowest BCUT2D eigenvalue weighted by Crippen LogP contribution is -2.10. The summed E-state index contributed by atoms with van der Waals surface area (Å²) in [5, 5.41) is 3.85. The number of ether oxygens (including phenoxy) is 2. The molecule has 4 nitrogen and oxygen atoms in total. The van der Waals surface area contributed by atoms with Crippen molar-refractivity contribution < 1.29 is 19.1 Å². The molecule has 0 N–H and O–H groups in total. The molecule has 124 valence electrons. The highest BCUT2D eigenvalue weighted by Crippen LogP contribution is 2.35. The zero-order valence-corrected chi connectivity index (χ0v) is 14.6. The Morgan fingerprint density at radius 1 is 1.12 bits per heavy atom. The minimum atomic E-state index is -0.346. The molecular formula is C19H12O4S2. The molecular weight excluding hydrogens is 356 g/mol. The van der Waals surface area contributed by atoms with Gasteiger partial charge < -0.3 is 9.47 Å². The molecule has 1 aliphatic rings. The van der Waals surface area contributed by atoms with Crippen LogP contribution in [0.25, 0.3) is 6.08 Å². The highest BCUT2D eigenvalue weighted by atomic mass is 32.1. The van der Waals surface area contributed by atoms with Gasteiger partial charge in [0.05, 0.1) is 12.0 Å². The monoisotopic (exact) mass is 368 g/mol. The maximum absolute atomic E-state index is 12.4. The first-order chi connectivity index (χ1) is 12.2. The minimum absolute atomic E-state index is 0.167. The Morgan fingerprint density at radius 2 is 1.96 bits per heavy atom. The first-order valence-electron chi connectivity index (χ1n) is 7.54. The Balaban J connectivity index is 1.50. The van der Waals surface area contributed by atoms with Crippen LogP contribution in [0.15, 0.2) is 59.0 Å². The van der Waals surface area contributed by atoms with Gasteiger partial charge in [-0.3, -0.25) is 9.59 Å².